The van der Waals surface area contributed by atoms with Crippen LogP contribution in [0.2, 0.25) is 5.02 Å². The van der Waals surface area contributed by atoms with Gasteiger partial charge in [-0.25, -0.2) is 4.79 Å². The summed E-state index contributed by atoms with van der Waals surface area (Å²) in [6.07, 6.45) is 0. The van der Waals surface area contributed by atoms with Gasteiger partial charge >= 0.3 is 5.97 Å². The van der Waals surface area contributed by atoms with Crippen molar-refractivity contribution in [3.05, 3.63) is 53.1 Å². The first-order valence-corrected chi connectivity index (χ1v) is 6.18. The number of aromatic carboxylic acids is 1. The van der Waals surface area contributed by atoms with Crippen LogP contribution in [0, 0.1) is 0 Å². The zero-order chi connectivity index (χ0) is 14.0. The van der Waals surface area contributed by atoms with E-state index in [9.17, 15) is 9.90 Å². The van der Waals surface area contributed by atoms with Crippen molar-refractivity contribution >= 4 is 23.3 Å². The lowest BCUT2D eigenvalue weighted by Crippen LogP contribution is -2.11. The number of rotatable bonds is 3. The normalized spacial score (nSPS) is 10.3. The molecule has 0 saturated carbocycles. The average Bonchev–Trinajstić information content (AvgIpc) is 2.38. The number of hydrogen-bond acceptors (Lipinski definition) is 2. The van der Waals surface area contributed by atoms with E-state index < -0.39 is 5.97 Å². The molecule has 98 valence electrons. The van der Waals surface area contributed by atoms with E-state index in [1.807, 2.05) is 44.4 Å². The molecule has 1 N–H and O–H groups in total. The molecule has 0 aromatic heterocycles. The highest BCUT2D eigenvalue weighted by atomic mass is 35.5. The number of anilines is 1. The van der Waals surface area contributed by atoms with Gasteiger partial charge in [-0.1, -0.05) is 41.9 Å². The lowest BCUT2D eigenvalue weighted by atomic mass is 9.99. The number of carboxylic acid groups (broad SMARTS) is 1. The first-order valence-electron chi connectivity index (χ1n) is 5.80. The van der Waals surface area contributed by atoms with Gasteiger partial charge in [-0.3, -0.25) is 0 Å². The third-order valence-corrected chi connectivity index (χ3v) is 3.19. The van der Waals surface area contributed by atoms with E-state index in [4.69, 9.17) is 11.6 Å². The molecule has 0 atom stereocenters. The molecule has 3 nitrogen and oxygen atoms in total. The van der Waals surface area contributed by atoms with Gasteiger partial charge in [0, 0.05) is 14.1 Å². The molecule has 2 aromatic carbocycles. The van der Waals surface area contributed by atoms with Crippen LogP contribution >= 0.6 is 11.6 Å². The molecule has 0 unspecified atom stereocenters. The van der Waals surface area contributed by atoms with Gasteiger partial charge in [0.2, 0.25) is 0 Å². The highest BCUT2D eigenvalue weighted by molar-refractivity contribution is 6.33. The van der Waals surface area contributed by atoms with E-state index in [1.165, 1.54) is 0 Å². The van der Waals surface area contributed by atoms with Crippen molar-refractivity contribution in [2.24, 2.45) is 0 Å². The largest absolute Gasteiger partial charge is 0.478 e. The monoisotopic (exact) mass is 275 g/mol. The molecular weight excluding hydrogens is 262 g/mol. The lowest BCUT2D eigenvalue weighted by molar-refractivity contribution is 0.0698. The topological polar surface area (TPSA) is 40.5 Å². The van der Waals surface area contributed by atoms with Crippen molar-refractivity contribution in [3.8, 4) is 11.1 Å². The Morgan fingerprint density at radius 2 is 1.79 bits per heavy atom. The van der Waals surface area contributed by atoms with Crippen LogP contribution in [0.5, 0.6) is 0 Å². The molecular formula is C15H14ClNO2. The molecule has 0 bridgehead atoms. The fourth-order valence-electron chi connectivity index (χ4n) is 1.94. The number of halogens is 1. The molecule has 0 fully saturated rings. The minimum Gasteiger partial charge on any atom is -0.478 e. The molecule has 0 heterocycles. The third kappa shape index (κ3) is 2.71. The van der Waals surface area contributed by atoms with Crippen LogP contribution in [-0.4, -0.2) is 25.2 Å². The molecule has 0 aliphatic rings. The Morgan fingerprint density at radius 3 is 2.32 bits per heavy atom. The van der Waals surface area contributed by atoms with Gasteiger partial charge in [0.05, 0.1) is 16.3 Å². The Morgan fingerprint density at radius 1 is 1.16 bits per heavy atom. The van der Waals surface area contributed by atoms with E-state index >= 15 is 0 Å². The second-order valence-corrected chi connectivity index (χ2v) is 4.82. The highest BCUT2D eigenvalue weighted by Gasteiger charge is 2.16. The number of carboxylic acids is 1. The number of hydrogen-bond donors (Lipinski definition) is 1. The van der Waals surface area contributed by atoms with Crippen LogP contribution < -0.4 is 4.90 Å². The summed E-state index contributed by atoms with van der Waals surface area (Å²) in [5.41, 5.74) is 2.41. The van der Waals surface area contributed by atoms with E-state index in [0.29, 0.717) is 16.3 Å². The van der Waals surface area contributed by atoms with Gasteiger partial charge in [0.1, 0.15) is 0 Å². The minimum atomic E-state index is -0.960. The van der Waals surface area contributed by atoms with Gasteiger partial charge in [0.25, 0.3) is 0 Å². The summed E-state index contributed by atoms with van der Waals surface area (Å²) in [5.74, 6) is -0.960. The molecule has 0 aliphatic carbocycles. The summed E-state index contributed by atoms with van der Waals surface area (Å²) in [4.78, 5) is 13.2. The molecule has 0 aliphatic heterocycles. The minimum absolute atomic E-state index is 0.249. The first kappa shape index (κ1) is 13.4. The Balaban J connectivity index is 2.67. The molecule has 2 rings (SSSR count). The Bertz CT molecular complexity index is 609. The molecule has 0 amide bonds. The Labute approximate surface area is 117 Å². The SMILES string of the molecule is CN(C)c1cc(C(=O)O)c(-c2ccccc2)cc1Cl. The maximum absolute atomic E-state index is 11.4. The van der Waals surface area contributed by atoms with Crippen molar-refractivity contribution in [1.29, 1.82) is 0 Å². The van der Waals surface area contributed by atoms with Crippen LogP contribution in [0.25, 0.3) is 11.1 Å². The van der Waals surface area contributed by atoms with E-state index in [2.05, 4.69) is 0 Å². The summed E-state index contributed by atoms with van der Waals surface area (Å²) < 4.78 is 0. The van der Waals surface area contributed by atoms with Crippen LogP contribution in [0.4, 0.5) is 5.69 Å². The summed E-state index contributed by atoms with van der Waals surface area (Å²) >= 11 is 6.22. The zero-order valence-corrected chi connectivity index (χ0v) is 11.5. The fraction of sp³-hybridized carbons (Fsp3) is 0.133. The van der Waals surface area contributed by atoms with Gasteiger partial charge in [-0.05, 0) is 23.3 Å². The van der Waals surface area contributed by atoms with Crippen molar-refractivity contribution in [2.45, 2.75) is 0 Å². The maximum atomic E-state index is 11.4. The fourth-order valence-corrected chi connectivity index (χ4v) is 2.27. The van der Waals surface area contributed by atoms with Crippen LogP contribution in [-0.2, 0) is 0 Å². The Hall–Kier alpha value is -2.00. The number of benzene rings is 2. The van der Waals surface area contributed by atoms with E-state index in [-0.39, 0.29) is 5.56 Å². The molecule has 0 saturated heterocycles. The Kier molecular flexibility index (Phi) is 3.76. The van der Waals surface area contributed by atoms with Gasteiger partial charge in [-0.2, -0.15) is 0 Å². The first-order chi connectivity index (χ1) is 9.00. The summed E-state index contributed by atoms with van der Waals surface area (Å²) in [6, 6.07) is 12.7. The molecule has 2 aromatic rings. The van der Waals surface area contributed by atoms with Crippen molar-refractivity contribution in [2.75, 3.05) is 19.0 Å². The van der Waals surface area contributed by atoms with Crippen molar-refractivity contribution in [1.82, 2.24) is 0 Å². The second-order valence-electron chi connectivity index (χ2n) is 4.41. The highest BCUT2D eigenvalue weighted by Crippen LogP contribution is 2.33. The molecule has 4 heteroatoms. The second kappa shape index (κ2) is 5.33. The standard InChI is InChI=1S/C15H14ClNO2/c1-17(2)14-9-12(15(18)19)11(8-13(14)16)10-6-4-3-5-7-10/h3-9H,1-2H3,(H,18,19). The van der Waals surface area contributed by atoms with Crippen LogP contribution in [0.15, 0.2) is 42.5 Å². The summed E-state index contributed by atoms with van der Waals surface area (Å²) in [5, 5.41) is 9.90. The van der Waals surface area contributed by atoms with Gasteiger partial charge in [-0.15, -0.1) is 0 Å². The van der Waals surface area contributed by atoms with E-state index in [0.717, 1.165) is 5.56 Å². The van der Waals surface area contributed by atoms with Gasteiger partial charge < -0.3 is 10.0 Å². The van der Waals surface area contributed by atoms with Crippen LogP contribution in [0.3, 0.4) is 0 Å². The van der Waals surface area contributed by atoms with E-state index in [1.54, 1.807) is 17.0 Å². The van der Waals surface area contributed by atoms with Crippen LogP contribution in [0.1, 0.15) is 10.4 Å². The molecule has 0 spiro atoms. The summed E-state index contributed by atoms with van der Waals surface area (Å²) in [7, 11) is 3.66. The van der Waals surface area contributed by atoms with Crippen molar-refractivity contribution in [3.63, 3.8) is 0 Å². The number of carbonyl (C=O) groups is 1. The van der Waals surface area contributed by atoms with Gasteiger partial charge in [0.15, 0.2) is 0 Å². The maximum Gasteiger partial charge on any atom is 0.336 e. The predicted molar refractivity (Wildman–Crippen MR) is 78.2 cm³/mol. The zero-order valence-electron chi connectivity index (χ0n) is 10.7. The third-order valence-electron chi connectivity index (χ3n) is 2.88. The quantitative estimate of drug-likeness (QED) is 0.927. The smallest absolute Gasteiger partial charge is 0.336 e. The predicted octanol–water partition coefficient (Wildman–Crippen LogP) is 3.77. The lowest BCUT2D eigenvalue weighted by Gasteiger charge is -2.17. The number of nitrogens with zero attached hydrogens (tertiary/aromatic N) is 1. The van der Waals surface area contributed by atoms with Crippen molar-refractivity contribution < 1.29 is 9.90 Å². The average molecular weight is 276 g/mol. The molecule has 19 heavy (non-hydrogen) atoms. The summed E-state index contributed by atoms with van der Waals surface area (Å²) in [6.45, 7) is 0. The molecule has 0 radical (unpaired) electrons.